The van der Waals surface area contributed by atoms with Crippen LogP contribution in [-0.4, -0.2) is 40.8 Å². The van der Waals surface area contributed by atoms with Crippen LogP contribution >= 0.6 is 0 Å². The number of aryl methyl sites for hydroxylation is 1. The summed E-state index contributed by atoms with van der Waals surface area (Å²) in [6.07, 6.45) is 4.03. The Labute approximate surface area is 110 Å². The van der Waals surface area contributed by atoms with Gasteiger partial charge in [-0.2, -0.15) is 0 Å². The van der Waals surface area contributed by atoms with E-state index in [0.717, 1.165) is 0 Å². The van der Waals surface area contributed by atoms with Crippen molar-refractivity contribution in [2.75, 3.05) is 0 Å². The molecule has 0 aromatic carbocycles. The third-order valence-electron chi connectivity index (χ3n) is 3.49. The quantitative estimate of drug-likeness (QED) is 0.852. The average molecular weight is 264 g/mol. The molecule has 1 N–H and O–H groups in total. The number of nitrogens with zero attached hydrogens (tertiary/aromatic N) is 6. The lowest BCUT2D eigenvalue weighted by Gasteiger charge is -2.27. The van der Waals surface area contributed by atoms with Gasteiger partial charge in [-0.15, -0.1) is 5.10 Å². The molecule has 2 rings (SSSR count). The lowest BCUT2D eigenvalue weighted by Crippen LogP contribution is -2.42. The minimum Gasteiger partial charge on any atom is -0.479 e. The SMILES string of the molecule is CCC(CC)(C(=O)O)n1nnnc1-c1cncn1C. The van der Waals surface area contributed by atoms with E-state index in [1.807, 2.05) is 20.9 Å². The highest BCUT2D eigenvalue weighted by Gasteiger charge is 2.40. The van der Waals surface area contributed by atoms with Gasteiger partial charge in [0.15, 0.2) is 5.54 Å². The number of aliphatic carboxylic acids is 1. The van der Waals surface area contributed by atoms with Crippen LogP contribution in [0.4, 0.5) is 0 Å². The standard InChI is InChI=1S/C11H16N6O2/c1-4-11(5-2,10(18)19)17-9(13-14-15-17)8-6-12-7-16(8)3/h6-7H,4-5H2,1-3H3,(H,18,19). The van der Waals surface area contributed by atoms with Gasteiger partial charge in [0.25, 0.3) is 0 Å². The molecule has 2 aromatic heterocycles. The molecule has 8 nitrogen and oxygen atoms in total. The minimum atomic E-state index is -1.14. The van der Waals surface area contributed by atoms with E-state index in [2.05, 4.69) is 20.5 Å². The lowest BCUT2D eigenvalue weighted by molar-refractivity contribution is -0.148. The van der Waals surface area contributed by atoms with E-state index >= 15 is 0 Å². The summed E-state index contributed by atoms with van der Waals surface area (Å²) in [5.41, 5.74) is -0.458. The van der Waals surface area contributed by atoms with Gasteiger partial charge in [0.2, 0.25) is 5.82 Å². The Morgan fingerprint density at radius 2 is 2.11 bits per heavy atom. The molecule has 0 bridgehead atoms. The van der Waals surface area contributed by atoms with Gasteiger partial charge in [0.1, 0.15) is 5.69 Å². The largest absolute Gasteiger partial charge is 0.479 e. The smallest absolute Gasteiger partial charge is 0.331 e. The van der Waals surface area contributed by atoms with Crippen molar-refractivity contribution in [2.45, 2.75) is 32.2 Å². The van der Waals surface area contributed by atoms with Gasteiger partial charge in [0.05, 0.1) is 12.5 Å². The number of carboxylic acid groups (broad SMARTS) is 1. The molecular weight excluding hydrogens is 248 g/mol. The number of aromatic nitrogens is 6. The summed E-state index contributed by atoms with van der Waals surface area (Å²) in [7, 11) is 1.81. The zero-order valence-electron chi connectivity index (χ0n) is 11.1. The number of imidazole rings is 1. The van der Waals surface area contributed by atoms with Gasteiger partial charge in [-0.05, 0) is 23.3 Å². The van der Waals surface area contributed by atoms with Gasteiger partial charge in [0, 0.05) is 7.05 Å². The topological polar surface area (TPSA) is 98.7 Å². The lowest BCUT2D eigenvalue weighted by atomic mass is 9.93. The Kier molecular flexibility index (Phi) is 3.32. The second-order valence-electron chi connectivity index (χ2n) is 4.35. The molecular formula is C11H16N6O2. The second kappa shape index (κ2) is 4.79. The van der Waals surface area contributed by atoms with Crippen LogP contribution in [0.5, 0.6) is 0 Å². The average Bonchev–Trinajstić information content (AvgIpc) is 3.00. The van der Waals surface area contributed by atoms with E-state index < -0.39 is 11.5 Å². The normalized spacial score (nSPS) is 11.7. The summed E-state index contributed by atoms with van der Waals surface area (Å²) < 4.78 is 3.13. The first kappa shape index (κ1) is 13.2. The van der Waals surface area contributed by atoms with Crippen molar-refractivity contribution in [3.8, 4) is 11.5 Å². The molecule has 102 valence electrons. The highest BCUT2D eigenvalue weighted by atomic mass is 16.4. The minimum absolute atomic E-state index is 0.398. The first-order chi connectivity index (χ1) is 9.06. The fourth-order valence-corrected chi connectivity index (χ4v) is 2.15. The van der Waals surface area contributed by atoms with Crippen molar-refractivity contribution < 1.29 is 9.90 Å². The van der Waals surface area contributed by atoms with Crippen molar-refractivity contribution in [2.24, 2.45) is 7.05 Å². The molecule has 0 aliphatic rings. The van der Waals surface area contributed by atoms with Gasteiger partial charge in [-0.1, -0.05) is 13.8 Å². The van der Waals surface area contributed by atoms with E-state index in [1.165, 1.54) is 4.68 Å². The maximum Gasteiger partial charge on any atom is 0.331 e. The van der Waals surface area contributed by atoms with Crippen molar-refractivity contribution in [3.63, 3.8) is 0 Å². The van der Waals surface area contributed by atoms with Crippen LogP contribution < -0.4 is 0 Å². The van der Waals surface area contributed by atoms with Crippen molar-refractivity contribution in [3.05, 3.63) is 12.5 Å². The summed E-state index contributed by atoms with van der Waals surface area (Å²) in [5, 5.41) is 21.0. The van der Waals surface area contributed by atoms with E-state index in [0.29, 0.717) is 24.4 Å². The number of tetrazole rings is 1. The molecule has 2 aromatic rings. The molecule has 0 aliphatic carbocycles. The molecule has 0 aliphatic heterocycles. The molecule has 0 amide bonds. The molecule has 0 unspecified atom stereocenters. The highest BCUT2D eigenvalue weighted by Crippen LogP contribution is 2.29. The van der Waals surface area contributed by atoms with E-state index in [-0.39, 0.29) is 0 Å². The number of carbonyl (C=O) groups is 1. The molecule has 0 spiro atoms. The van der Waals surface area contributed by atoms with Crippen molar-refractivity contribution in [1.82, 2.24) is 29.8 Å². The Morgan fingerprint density at radius 3 is 2.58 bits per heavy atom. The van der Waals surface area contributed by atoms with E-state index in [9.17, 15) is 9.90 Å². The van der Waals surface area contributed by atoms with Gasteiger partial charge in [-0.25, -0.2) is 14.5 Å². The molecule has 19 heavy (non-hydrogen) atoms. The molecule has 0 saturated carbocycles. The van der Waals surface area contributed by atoms with E-state index in [1.54, 1.807) is 17.1 Å². The molecule has 8 heteroatoms. The predicted octanol–water partition coefficient (Wildman–Crippen LogP) is 0.673. The third-order valence-corrected chi connectivity index (χ3v) is 3.49. The number of hydrogen-bond acceptors (Lipinski definition) is 5. The van der Waals surface area contributed by atoms with Crippen LogP contribution in [0.25, 0.3) is 11.5 Å². The molecule has 2 heterocycles. The summed E-state index contributed by atoms with van der Waals surface area (Å²) >= 11 is 0. The first-order valence-corrected chi connectivity index (χ1v) is 6.05. The second-order valence-corrected chi connectivity index (χ2v) is 4.35. The summed E-state index contributed by atoms with van der Waals surface area (Å²) in [6.45, 7) is 3.62. The fraction of sp³-hybridized carbons (Fsp3) is 0.545. The van der Waals surface area contributed by atoms with Crippen LogP contribution in [0.15, 0.2) is 12.5 Å². The Balaban J connectivity index is 2.61. The number of rotatable bonds is 5. The first-order valence-electron chi connectivity index (χ1n) is 6.05. The fourth-order valence-electron chi connectivity index (χ4n) is 2.15. The monoisotopic (exact) mass is 264 g/mol. The summed E-state index contributed by atoms with van der Waals surface area (Å²) in [4.78, 5) is 15.7. The van der Waals surface area contributed by atoms with Gasteiger partial charge >= 0.3 is 5.97 Å². The van der Waals surface area contributed by atoms with E-state index in [4.69, 9.17) is 0 Å². The molecule has 0 atom stereocenters. The maximum absolute atomic E-state index is 11.6. The third kappa shape index (κ3) is 1.88. The van der Waals surface area contributed by atoms with Crippen LogP contribution in [0.1, 0.15) is 26.7 Å². The Hall–Kier alpha value is -2.25. The van der Waals surface area contributed by atoms with Crippen molar-refractivity contribution >= 4 is 5.97 Å². The molecule has 0 radical (unpaired) electrons. The Bertz CT molecular complexity index is 584. The number of carboxylic acids is 1. The van der Waals surface area contributed by atoms with Crippen LogP contribution in [0.2, 0.25) is 0 Å². The highest BCUT2D eigenvalue weighted by molar-refractivity contribution is 5.77. The number of hydrogen-bond donors (Lipinski definition) is 1. The van der Waals surface area contributed by atoms with Crippen molar-refractivity contribution in [1.29, 1.82) is 0 Å². The Morgan fingerprint density at radius 1 is 1.42 bits per heavy atom. The van der Waals surface area contributed by atoms with Crippen LogP contribution in [0.3, 0.4) is 0 Å². The maximum atomic E-state index is 11.6. The molecule has 0 saturated heterocycles. The predicted molar refractivity (Wildman–Crippen MR) is 66.2 cm³/mol. The summed E-state index contributed by atoms with van der Waals surface area (Å²) in [5.74, 6) is -0.528. The molecule has 0 fully saturated rings. The zero-order valence-corrected chi connectivity index (χ0v) is 11.1. The van der Waals surface area contributed by atoms with Gasteiger partial charge < -0.3 is 9.67 Å². The van der Waals surface area contributed by atoms with Crippen LogP contribution in [-0.2, 0) is 17.4 Å². The zero-order chi connectivity index (χ0) is 14.0. The van der Waals surface area contributed by atoms with Crippen LogP contribution in [0, 0.1) is 0 Å². The summed E-state index contributed by atoms with van der Waals surface area (Å²) in [6, 6.07) is 0. The van der Waals surface area contributed by atoms with Gasteiger partial charge in [-0.3, -0.25) is 0 Å².